The van der Waals surface area contributed by atoms with E-state index in [-0.39, 0.29) is 18.3 Å². The lowest BCUT2D eigenvalue weighted by atomic mass is 10.3. The molecular weight excluding hydrogens is 210 g/mol. The van der Waals surface area contributed by atoms with Crippen molar-refractivity contribution in [1.82, 2.24) is 5.01 Å². The summed E-state index contributed by atoms with van der Waals surface area (Å²) in [6.07, 6.45) is 0.186. The van der Waals surface area contributed by atoms with E-state index >= 15 is 0 Å². The Bertz CT molecular complexity index is 461. The highest BCUT2D eigenvalue weighted by Crippen LogP contribution is 2.21. The van der Waals surface area contributed by atoms with E-state index in [9.17, 15) is 4.79 Å². The zero-order valence-electron chi connectivity index (χ0n) is 9.26. The normalized spacial score (nSPS) is 20.2. The number of rotatable bonds is 1. The smallest absolute Gasteiger partial charge is 0.276 e. The zero-order chi connectivity index (χ0) is 11.7. The summed E-state index contributed by atoms with van der Waals surface area (Å²) in [5.74, 6) is 0.291. The summed E-state index contributed by atoms with van der Waals surface area (Å²) < 4.78 is 5.16. The molecule has 0 unspecified atom stereocenters. The maximum atomic E-state index is 11.4. The molecule has 2 aliphatic rings. The number of allylic oxidation sites excluding steroid dienone is 1. The van der Waals surface area contributed by atoms with Gasteiger partial charge in [0, 0.05) is 5.71 Å². The lowest BCUT2D eigenvalue weighted by Crippen LogP contribution is -2.28. The summed E-state index contributed by atoms with van der Waals surface area (Å²) in [5.41, 5.74) is 1.25. The number of ether oxygens (including phenoxy) is 1. The van der Waals surface area contributed by atoms with Gasteiger partial charge in [0.05, 0.1) is 13.5 Å². The molecule has 0 saturated heterocycles. The average Bonchev–Trinajstić information content (AvgIpc) is 2.35. The first-order valence-corrected chi connectivity index (χ1v) is 4.74. The molecule has 1 amide bonds. The summed E-state index contributed by atoms with van der Waals surface area (Å²) in [6, 6.07) is 0. The van der Waals surface area contributed by atoms with Crippen molar-refractivity contribution in [2.45, 2.75) is 20.3 Å². The van der Waals surface area contributed by atoms with Crippen molar-refractivity contribution in [3.8, 4) is 0 Å². The van der Waals surface area contributed by atoms with Gasteiger partial charge in [0.1, 0.15) is 5.70 Å². The van der Waals surface area contributed by atoms with Crippen molar-refractivity contribution in [2.75, 3.05) is 7.11 Å². The monoisotopic (exact) mass is 221 g/mol. The summed E-state index contributed by atoms with van der Waals surface area (Å²) in [5, 5.41) is 13.3. The minimum absolute atomic E-state index is 0.143. The predicted molar refractivity (Wildman–Crippen MR) is 56.6 cm³/mol. The molecule has 0 spiro atoms. The van der Waals surface area contributed by atoms with Gasteiger partial charge < -0.3 is 4.74 Å². The number of carbonyl (C=O) groups excluding carboxylic acids is 1. The number of azo groups is 1. The lowest BCUT2D eigenvalue weighted by molar-refractivity contribution is -0.116. The summed E-state index contributed by atoms with van der Waals surface area (Å²) in [7, 11) is 1.51. The number of guanidine groups is 1. The maximum Gasteiger partial charge on any atom is 0.276 e. The van der Waals surface area contributed by atoms with Crippen LogP contribution >= 0.6 is 0 Å². The Kier molecular flexibility index (Phi) is 2.51. The van der Waals surface area contributed by atoms with E-state index in [0.717, 1.165) is 0 Å². The van der Waals surface area contributed by atoms with Crippen LogP contribution in [0.4, 0.5) is 0 Å². The van der Waals surface area contributed by atoms with Crippen LogP contribution in [0.3, 0.4) is 0 Å². The molecule has 0 fully saturated rings. The molecule has 0 N–H and O–H groups in total. The molecule has 2 heterocycles. The Balaban J connectivity index is 2.51. The number of hydrogen-bond donors (Lipinski definition) is 0. The van der Waals surface area contributed by atoms with E-state index in [1.807, 2.05) is 0 Å². The molecule has 0 aromatic heterocycles. The van der Waals surface area contributed by atoms with Gasteiger partial charge in [-0.2, -0.15) is 15.1 Å². The van der Waals surface area contributed by atoms with E-state index in [0.29, 0.717) is 17.3 Å². The van der Waals surface area contributed by atoms with Crippen LogP contribution in [0.25, 0.3) is 0 Å². The Hall–Kier alpha value is -2.05. The van der Waals surface area contributed by atoms with E-state index in [4.69, 9.17) is 4.74 Å². The first-order valence-electron chi connectivity index (χ1n) is 4.74. The van der Waals surface area contributed by atoms with Gasteiger partial charge in [0.15, 0.2) is 0 Å². The third kappa shape index (κ3) is 1.71. The SMILES string of the molecule is COC1=C(C)N=NC2=NC(=O)CC(C)=NN21. The van der Waals surface area contributed by atoms with Gasteiger partial charge in [-0.05, 0) is 13.8 Å². The van der Waals surface area contributed by atoms with E-state index < -0.39 is 0 Å². The van der Waals surface area contributed by atoms with Gasteiger partial charge in [-0.15, -0.1) is 10.2 Å². The molecule has 2 rings (SSSR count). The molecule has 7 heteroatoms. The van der Waals surface area contributed by atoms with Crippen LogP contribution in [-0.2, 0) is 9.53 Å². The molecule has 84 valence electrons. The Morgan fingerprint density at radius 3 is 2.75 bits per heavy atom. The second kappa shape index (κ2) is 3.84. The van der Waals surface area contributed by atoms with Gasteiger partial charge >= 0.3 is 0 Å². The number of methoxy groups -OCH3 is 1. The highest BCUT2D eigenvalue weighted by Gasteiger charge is 2.26. The summed E-state index contributed by atoms with van der Waals surface area (Å²) >= 11 is 0. The molecule has 0 aliphatic carbocycles. The maximum absolute atomic E-state index is 11.4. The van der Waals surface area contributed by atoms with Crippen LogP contribution in [0.15, 0.2) is 31.9 Å². The first kappa shape index (κ1) is 10.5. The molecule has 0 atom stereocenters. The van der Waals surface area contributed by atoms with E-state index in [1.54, 1.807) is 13.8 Å². The van der Waals surface area contributed by atoms with Crippen molar-refractivity contribution < 1.29 is 9.53 Å². The fourth-order valence-electron chi connectivity index (χ4n) is 1.42. The van der Waals surface area contributed by atoms with Crippen LogP contribution in [0.1, 0.15) is 20.3 Å². The first-order chi connectivity index (χ1) is 7.61. The number of hydrazone groups is 1. The van der Waals surface area contributed by atoms with E-state index in [1.165, 1.54) is 12.1 Å². The van der Waals surface area contributed by atoms with Crippen LogP contribution in [0, 0.1) is 0 Å². The molecule has 7 nitrogen and oxygen atoms in total. The third-order valence-electron chi connectivity index (χ3n) is 2.08. The molecule has 0 aromatic rings. The van der Waals surface area contributed by atoms with E-state index in [2.05, 4.69) is 20.3 Å². The molecule has 2 aliphatic heterocycles. The number of fused-ring (bicyclic) bond motifs is 1. The highest BCUT2D eigenvalue weighted by atomic mass is 16.5. The molecule has 0 bridgehead atoms. The van der Waals surface area contributed by atoms with Crippen molar-refractivity contribution in [3.63, 3.8) is 0 Å². The molecule has 0 aromatic carbocycles. The van der Waals surface area contributed by atoms with Crippen LogP contribution in [0.2, 0.25) is 0 Å². The Morgan fingerprint density at radius 2 is 2.06 bits per heavy atom. The summed E-state index contributed by atoms with van der Waals surface area (Å²) in [6.45, 7) is 3.50. The predicted octanol–water partition coefficient (Wildman–Crippen LogP) is 1.25. The number of nitrogens with zero attached hydrogens (tertiary/aromatic N) is 5. The second-order valence-corrected chi connectivity index (χ2v) is 3.42. The Labute approximate surface area is 92.2 Å². The third-order valence-corrected chi connectivity index (χ3v) is 2.08. The van der Waals surface area contributed by atoms with Crippen molar-refractivity contribution in [1.29, 1.82) is 0 Å². The molecule has 0 saturated carbocycles. The van der Waals surface area contributed by atoms with Gasteiger partial charge in [-0.3, -0.25) is 4.79 Å². The van der Waals surface area contributed by atoms with Gasteiger partial charge in [-0.1, -0.05) is 0 Å². The second-order valence-electron chi connectivity index (χ2n) is 3.42. The largest absolute Gasteiger partial charge is 0.480 e. The number of carbonyl (C=O) groups is 1. The Morgan fingerprint density at radius 1 is 1.31 bits per heavy atom. The number of aliphatic imine (C=N–C) groups is 1. The average molecular weight is 221 g/mol. The van der Waals surface area contributed by atoms with Crippen molar-refractivity contribution in [2.24, 2.45) is 20.3 Å². The fraction of sp³-hybridized carbons (Fsp3) is 0.444. The quantitative estimate of drug-likeness (QED) is 0.668. The number of amides is 1. The van der Waals surface area contributed by atoms with Crippen molar-refractivity contribution in [3.05, 3.63) is 11.6 Å². The zero-order valence-corrected chi connectivity index (χ0v) is 9.26. The van der Waals surface area contributed by atoms with Crippen molar-refractivity contribution >= 4 is 17.6 Å². The molecule has 16 heavy (non-hydrogen) atoms. The van der Waals surface area contributed by atoms with Crippen LogP contribution in [-0.4, -0.2) is 29.7 Å². The number of hydrogen-bond acceptors (Lipinski definition) is 6. The lowest BCUT2D eigenvalue weighted by Gasteiger charge is -2.21. The van der Waals surface area contributed by atoms with Gasteiger partial charge in [0.2, 0.25) is 5.88 Å². The molecule has 0 radical (unpaired) electrons. The standard InChI is InChI=1S/C9H11N5O2/c1-5-4-7(15)10-9-12-11-6(2)8(16-3)14(9)13-5/h4H2,1-3H3. The molecular formula is C9H11N5O2. The minimum Gasteiger partial charge on any atom is -0.480 e. The fourth-order valence-corrected chi connectivity index (χ4v) is 1.42. The van der Waals surface area contributed by atoms with Gasteiger partial charge in [0.25, 0.3) is 11.9 Å². The van der Waals surface area contributed by atoms with Crippen LogP contribution in [0.5, 0.6) is 0 Å². The minimum atomic E-state index is -0.285. The highest BCUT2D eigenvalue weighted by molar-refractivity contribution is 6.06. The summed E-state index contributed by atoms with van der Waals surface area (Å²) in [4.78, 5) is 15.2. The topological polar surface area (TPSA) is 79.0 Å². The van der Waals surface area contributed by atoms with Crippen LogP contribution < -0.4 is 0 Å². The van der Waals surface area contributed by atoms with Gasteiger partial charge in [-0.25, -0.2) is 0 Å².